The molecule has 4 rings (SSSR count). The van der Waals surface area contributed by atoms with Crippen LogP contribution in [0.3, 0.4) is 0 Å². The number of rotatable bonds is 7. The van der Waals surface area contributed by atoms with E-state index in [1.54, 1.807) is 51.1 Å². The van der Waals surface area contributed by atoms with E-state index in [1.165, 1.54) is 17.1 Å². The summed E-state index contributed by atoms with van der Waals surface area (Å²) in [4.78, 5) is 39.5. The highest BCUT2D eigenvalue weighted by Crippen LogP contribution is 2.45. The Hall–Kier alpha value is -3.76. The fourth-order valence-electron chi connectivity index (χ4n) is 5.74. The highest BCUT2D eigenvalue weighted by atomic mass is 19.4. The molecule has 1 aliphatic heterocycles. The number of aromatic nitrogens is 2. The zero-order chi connectivity index (χ0) is 29.2. The van der Waals surface area contributed by atoms with Crippen LogP contribution in [0.2, 0.25) is 0 Å². The predicted octanol–water partition coefficient (Wildman–Crippen LogP) is 4.84. The van der Waals surface area contributed by atoms with Crippen LogP contribution in [0, 0.1) is 19.3 Å². The molecule has 11 heteroatoms. The number of carbonyl (C=O) groups excluding carboxylic acids is 2. The molecule has 40 heavy (non-hydrogen) atoms. The first-order valence-corrected chi connectivity index (χ1v) is 13.1. The first-order valence-electron chi connectivity index (χ1n) is 13.1. The van der Waals surface area contributed by atoms with Crippen LogP contribution in [-0.2, 0) is 11.2 Å². The molecule has 0 saturated carbocycles. The van der Waals surface area contributed by atoms with Crippen LogP contribution in [0.1, 0.15) is 65.3 Å². The van der Waals surface area contributed by atoms with Gasteiger partial charge >= 0.3 is 6.18 Å². The lowest BCUT2D eigenvalue weighted by atomic mass is 9.75. The number of alkyl halides is 3. The summed E-state index contributed by atoms with van der Waals surface area (Å²) in [6.07, 6.45) is -0.182. The molecule has 214 valence electrons. The molecule has 2 amide bonds. The van der Waals surface area contributed by atoms with Crippen molar-refractivity contribution in [1.82, 2.24) is 20.4 Å². The number of likely N-dealkylation sites (tertiary alicyclic amines) is 1. The van der Waals surface area contributed by atoms with Crippen molar-refractivity contribution >= 4 is 11.8 Å². The average molecular weight is 561 g/mol. The first kappa shape index (κ1) is 29.2. The van der Waals surface area contributed by atoms with Gasteiger partial charge in [0.1, 0.15) is 5.83 Å². The number of aryl methyl sites for hydroxylation is 2. The van der Waals surface area contributed by atoms with Gasteiger partial charge in [-0.2, -0.15) is 18.3 Å². The molecule has 2 heterocycles. The van der Waals surface area contributed by atoms with Gasteiger partial charge in [-0.3, -0.25) is 14.4 Å². The monoisotopic (exact) mass is 560 g/mol. The molecule has 0 bridgehead atoms. The molecule has 2 N–H and O–H groups in total. The van der Waals surface area contributed by atoms with Gasteiger partial charge in [0.15, 0.2) is 0 Å². The molecule has 2 aromatic rings. The van der Waals surface area contributed by atoms with Crippen molar-refractivity contribution in [2.75, 3.05) is 6.54 Å². The predicted molar refractivity (Wildman–Crippen MR) is 141 cm³/mol. The topological polar surface area (TPSA) is 95.2 Å². The van der Waals surface area contributed by atoms with Gasteiger partial charge in [-0.25, -0.2) is 9.49 Å². The van der Waals surface area contributed by atoms with Gasteiger partial charge in [0.25, 0.3) is 11.5 Å². The van der Waals surface area contributed by atoms with Gasteiger partial charge in [-0.05, 0) is 74.6 Å². The van der Waals surface area contributed by atoms with Crippen molar-refractivity contribution < 1.29 is 27.2 Å². The average Bonchev–Trinajstić information content (AvgIpc) is 3.28. The molecule has 0 spiro atoms. The summed E-state index contributed by atoms with van der Waals surface area (Å²) < 4.78 is 54.1. The van der Waals surface area contributed by atoms with Gasteiger partial charge in [-0.1, -0.05) is 19.1 Å². The van der Waals surface area contributed by atoms with Crippen molar-refractivity contribution in [2.45, 2.75) is 71.1 Å². The second-order valence-corrected chi connectivity index (χ2v) is 10.9. The lowest BCUT2D eigenvalue weighted by Gasteiger charge is -2.41. The maximum absolute atomic E-state index is 14.1. The van der Waals surface area contributed by atoms with Crippen molar-refractivity contribution in [2.24, 2.45) is 5.41 Å². The van der Waals surface area contributed by atoms with Crippen molar-refractivity contribution in [3.63, 3.8) is 0 Å². The third kappa shape index (κ3) is 6.68. The highest BCUT2D eigenvalue weighted by Gasteiger charge is 2.49. The number of nitrogens with one attached hydrogen (secondary N) is 2. The Kier molecular flexibility index (Phi) is 8.32. The van der Waals surface area contributed by atoms with Crippen LogP contribution in [0.15, 0.2) is 53.1 Å². The molecule has 3 atom stereocenters. The Morgan fingerprint density at radius 2 is 1.93 bits per heavy atom. The summed E-state index contributed by atoms with van der Waals surface area (Å²) >= 11 is 0. The number of nitrogens with zero attached hydrogens (tertiary/aromatic N) is 2. The van der Waals surface area contributed by atoms with Crippen molar-refractivity contribution in [3.05, 3.63) is 86.6 Å². The van der Waals surface area contributed by atoms with Gasteiger partial charge < -0.3 is 10.2 Å². The van der Waals surface area contributed by atoms with E-state index in [0.717, 1.165) is 11.1 Å². The molecular weight excluding hydrogens is 528 g/mol. The molecule has 7 nitrogen and oxygen atoms in total. The van der Waals surface area contributed by atoms with E-state index in [9.17, 15) is 31.9 Å². The molecule has 0 radical (unpaired) electrons. The van der Waals surface area contributed by atoms with E-state index in [1.807, 2.05) is 0 Å². The first-order chi connectivity index (χ1) is 18.8. The Morgan fingerprint density at radius 1 is 1.18 bits per heavy atom. The molecule has 2 aliphatic rings. The van der Waals surface area contributed by atoms with Crippen LogP contribution in [0.4, 0.5) is 17.6 Å². The Bertz CT molecular complexity index is 1410. The maximum atomic E-state index is 14.1. The van der Waals surface area contributed by atoms with E-state index < -0.39 is 54.3 Å². The summed E-state index contributed by atoms with van der Waals surface area (Å²) in [6.45, 7) is 4.80. The second-order valence-electron chi connectivity index (χ2n) is 10.9. The summed E-state index contributed by atoms with van der Waals surface area (Å²) in [7, 11) is 0. The molecule has 1 aliphatic carbocycles. The van der Waals surface area contributed by atoms with E-state index in [-0.39, 0.29) is 17.5 Å². The normalized spacial score (nSPS) is 22.8. The van der Waals surface area contributed by atoms with Gasteiger partial charge in [0.2, 0.25) is 5.91 Å². The van der Waals surface area contributed by atoms with Crippen LogP contribution in [-0.4, -0.2) is 51.7 Å². The van der Waals surface area contributed by atoms with Crippen molar-refractivity contribution in [3.8, 4) is 0 Å². The Morgan fingerprint density at radius 3 is 2.60 bits per heavy atom. The molecule has 1 saturated heterocycles. The minimum absolute atomic E-state index is 0.138. The molecule has 1 aromatic heterocycles. The van der Waals surface area contributed by atoms with Crippen LogP contribution < -0.4 is 10.9 Å². The minimum atomic E-state index is -4.48. The lowest BCUT2D eigenvalue weighted by Crippen LogP contribution is -2.52. The van der Waals surface area contributed by atoms with Gasteiger partial charge in [-0.15, -0.1) is 0 Å². The number of hydrogen-bond donors (Lipinski definition) is 2. The number of aromatic amines is 1. The summed E-state index contributed by atoms with van der Waals surface area (Å²) in [5, 5.41) is 8.84. The SMILES string of the molecule is Cc1cc(Cc2ccc(C(=O)NCC(=O)N3[C@@H](CC(F)(F)F)CC[C@H]3C3(C)C=C(F)C=CC3)cc2C)c(=O)[nH]n1. The number of hydrogen-bond acceptors (Lipinski definition) is 4. The van der Waals surface area contributed by atoms with E-state index >= 15 is 0 Å². The van der Waals surface area contributed by atoms with Crippen LogP contribution in [0.25, 0.3) is 0 Å². The molecule has 1 unspecified atom stereocenters. The van der Waals surface area contributed by atoms with Crippen molar-refractivity contribution in [1.29, 1.82) is 0 Å². The number of carbonyl (C=O) groups is 2. The largest absolute Gasteiger partial charge is 0.391 e. The number of allylic oxidation sites excluding steroid dienone is 3. The van der Waals surface area contributed by atoms with E-state index in [0.29, 0.717) is 30.5 Å². The third-order valence-corrected chi connectivity index (χ3v) is 7.72. The molecule has 1 fully saturated rings. The fourth-order valence-corrected chi connectivity index (χ4v) is 5.74. The molecular formula is C29H32F4N4O3. The summed E-state index contributed by atoms with van der Waals surface area (Å²) in [5.74, 6) is -1.69. The number of amides is 2. The second kappa shape index (κ2) is 11.4. The number of benzene rings is 1. The fraction of sp³-hybridized carbons (Fsp3) is 0.448. The standard InChI is InChI=1S/C29H32F4N4O3/c1-17-11-20(7-6-19(17)13-21-12-18(2)35-36-27(21)40)26(39)34-16-25(38)37-23(15-29(31,32)33)8-9-24(37)28(3)10-4-5-22(30)14-28/h4-7,11-12,14,23-24H,8-10,13,15-16H2,1-3H3,(H,34,39)(H,36,40)/t23-,24+,28?/m1/s1. The van der Waals surface area contributed by atoms with Gasteiger partial charge in [0.05, 0.1) is 18.7 Å². The van der Waals surface area contributed by atoms with Crippen LogP contribution in [0.5, 0.6) is 0 Å². The highest BCUT2D eigenvalue weighted by molar-refractivity contribution is 5.96. The summed E-state index contributed by atoms with van der Waals surface area (Å²) in [5.41, 5.74) is 1.89. The maximum Gasteiger partial charge on any atom is 0.391 e. The Labute approximate surface area is 229 Å². The smallest absolute Gasteiger partial charge is 0.343 e. The third-order valence-electron chi connectivity index (χ3n) is 7.72. The zero-order valence-electron chi connectivity index (χ0n) is 22.6. The number of halogens is 4. The quantitative estimate of drug-likeness (QED) is 0.474. The summed E-state index contributed by atoms with van der Waals surface area (Å²) in [6, 6.07) is 4.88. The van der Waals surface area contributed by atoms with E-state index in [2.05, 4.69) is 15.5 Å². The van der Waals surface area contributed by atoms with E-state index in [4.69, 9.17) is 0 Å². The van der Waals surface area contributed by atoms with Gasteiger partial charge in [0, 0.05) is 35.0 Å². The zero-order valence-corrected chi connectivity index (χ0v) is 22.6. The van der Waals surface area contributed by atoms with Crippen LogP contribution >= 0.6 is 0 Å². The molecule has 1 aromatic carbocycles. The Balaban J connectivity index is 1.47. The minimum Gasteiger partial charge on any atom is -0.343 e. The lowest BCUT2D eigenvalue weighted by molar-refractivity contribution is -0.154. The number of H-pyrrole nitrogens is 1.